The van der Waals surface area contributed by atoms with Crippen LogP contribution in [0.1, 0.15) is 92.7 Å². The lowest BCUT2D eigenvalue weighted by Crippen LogP contribution is -2.47. The first-order valence-corrected chi connectivity index (χ1v) is 36.3. The minimum absolute atomic E-state index is 0.0507. The molecule has 0 bridgehead atoms. The molecule has 6 rings (SSSR count). The molecule has 3 aromatic rings. The van der Waals surface area contributed by atoms with Gasteiger partial charge in [-0.25, -0.2) is 9.59 Å². The number of nitrogens with zero attached hydrogens (tertiary/aromatic N) is 3. The monoisotopic (exact) mass is 1420 g/mol. The van der Waals surface area contributed by atoms with Crippen LogP contribution in [-0.2, 0) is 101 Å². The third-order valence-electron chi connectivity index (χ3n) is 13.8. The lowest BCUT2D eigenvalue weighted by atomic mass is 10.1. The third-order valence-corrected chi connectivity index (χ3v) is 16.5. The topological polar surface area (TPSA) is 280 Å². The van der Waals surface area contributed by atoms with Crippen LogP contribution >= 0.6 is 0 Å². The Balaban J connectivity index is 0.000000380. The quantitative estimate of drug-likeness (QED) is 0.0417. The Morgan fingerprint density at radius 1 is 0.464 bits per heavy atom. The van der Waals surface area contributed by atoms with Crippen molar-refractivity contribution in [2.45, 2.75) is 134 Å². The van der Waals surface area contributed by atoms with Crippen LogP contribution in [0, 0.1) is 13.8 Å². The van der Waals surface area contributed by atoms with E-state index in [0.717, 1.165) is 43.8 Å². The van der Waals surface area contributed by atoms with E-state index in [1.165, 1.54) is 29.8 Å². The number of aryl methyl sites for hydroxylation is 2. The summed E-state index contributed by atoms with van der Waals surface area (Å²) in [5.74, 6) is 0. The van der Waals surface area contributed by atoms with Crippen molar-refractivity contribution in [2.24, 2.45) is 0 Å². The highest BCUT2D eigenvalue weighted by molar-refractivity contribution is 7.87. The number of aliphatic hydroxyl groups excluding tert-OH is 1. The van der Waals surface area contributed by atoms with E-state index in [1.54, 1.807) is 41.0 Å². The fourth-order valence-corrected chi connectivity index (χ4v) is 10.8. The standard InChI is InChI=1S/2C24H39NO9S.C19H31NO5.C2H6/c2*1-20-5-7-22(8-6-20)35(27,28)33-18-17-31-16-15-30-14-13-29-11-9-21-19-25(10-12-32-21)23(26)34-24(2,3)4;21-8-11-23-13-15-24-14-12-22-9-6-19-17-20(7-10-25-19)16-18-4-2-1-3-5-18;1-2/h2*5-8,21H,9-19H2,1-4H3;1-5,19,21H,6-17H2;1-2H3/i;;;1D. The van der Waals surface area contributed by atoms with Crippen LogP contribution in [0.2, 0.25) is 0 Å². The van der Waals surface area contributed by atoms with Gasteiger partial charge in [-0.05, 0) is 104 Å². The second-order valence-electron chi connectivity index (χ2n) is 24.3. The van der Waals surface area contributed by atoms with Gasteiger partial charge in [-0.2, -0.15) is 16.8 Å². The van der Waals surface area contributed by atoms with Crippen LogP contribution in [0.4, 0.5) is 9.59 Å². The summed E-state index contributed by atoms with van der Waals surface area (Å²) in [6.07, 6.45) is 1.70. The van der Waals surface area contributed by atoms with Gasteiger partial charge < -0.3 is 81.2 Å². The summed E-state index contributed by atoms with van der Waals surface area (Å²) in [6, 6.07) is 23.5. The number of hydrogen-bond acceptors (Lipinski definition) is 24. The van der Waals surface area contributed by atoms with E-state index in [-0.39, 0.29) is 73.3 Å². The van der Waals surface area contributed by atoms with Crippen molar-refractivity contribution in [1.82, 2.24) is 14.7 Å². The van der Waals surface area contributed by atoms with Gasteiger partial charge in [0.05, 0.1) is 180 Å². The van der Waals surface area contributed by atoms with Gasteiger partial charge in [0.25, 0.3) is 20.2 Å². The predicted octanol–water partition coefficient (Wildman–Crippen LogP) is 7.90. The Hall–Kier alpha value is -4.54. The first-order valence-electron chi connectivity index (χ1n) is 34.2. The van der Waals surface area contributed by atoms with Gasteiger partial charge in [-0.15, -0.1) is 0 Å². The zero-order valence-corrected chi connectivity index (χ0v) is 60.7. The van der Waals surface area contributed by atoms with Crippen LogP contribution < -0.4 is 0 Å². The largest absolute Gasteiger partial charge is 0.444 e. The number of amides is 2. The number of aliphatic hydroxyl groups is 1. The van der Waals surface area contributed by atoms with E-state index >= 15 is 0 Å². The van der Waals surface area contributed by atoms with Gasteiger partial charge in [0.2, 0.25) is 0 Å². The van der Waals surface area contributed by atoms with Gasteiger partial charge in [-0.1, -0.05) is 79.5 Å². The Morgan fingerprint density at radius 2 is 0.773 bits per heavy atom. The summed E-state index contributed by atoms with van der Waals surface area (Å²) < 4.78 is 141. The maximum atomic E-state index is 12.2. The molecular weight excluding hydrogens is 1300 g/mol. The van der Waals surface area contributed by atoms with Gasteiger partial charge in [-0.3, -0.25) is 13.3 Å². The molecule has 3 aromatic carbocycles. The SMILES string of the molecule is Cc1ccc(S(=O)(=O)OCCOCCOCCOCCC2CN(C(=O)OC(C)(C)C)CCO2)cc1.Cc1ccc(S(=O)(=O)OCCOCCOCCOCCC2CN(C(=O)OC(C)(C)C)CCO2)cc1.OCCOCCOCCOCCC1CN(Cc2ccccc2)CCO1.[2H]CC. The molecule has 1 N–H and O–H groups in total. The zero-order chi connectivity index (χ0) is 71.8. The van der Waals surface area contributed by atoms with Gasteiger partial charge >= 0.3 is 12.2 Å². The summed E-state index contributed by atoms with van der Waals surface area (Å²) in [6.45, 7) is 31.4. The first kappa shape index (κ1) is 84.9. The van der Waals surface area contributed by atoms with Gasteiger partial charge in [0.1, 0.15) is 11.2 Å². The summed E-state index contributed by atoms with van der Waals surface area (Å²) in [5.41, 5.74) is 2.26. The molecule has 0 aromatic heterocycles. The number of ether oxygens (including phenoxy) is 14. The van der Waals surface area contributed by atoms with Crippen molar-refractivity contribution in [3.05, 3.63) is 95.6 Å². The maximum absolute atomic E-state index is 12.2. The summed E-state index contributed by atoms with van der Waals surface area (Å²) in [7, 11) is -7.55. The number of carbonyl (C=O) groups excluding carboxylic acids is 2. The van der Waals surface area contributed by atoms with Crippen LogP contribution in [0.15, 0.2) is 88.7 Å². The summed E-state index contributed by atoms with van der Waals surface area (Å²) in [5, 5.41) is 8.56. The normalized spacial score (nSPS) is 17.2. The van der Waals surface area contributed by atoms with E-state index in [2.05, 4.69) is 35.2 Å². The van der Waals surface area contributed by atoms with Gasteiger partial charge in [0.15, 0.2) is 0 Å². The molecule has 0 saturated carbocycles. The molecule has 97 heavy (non-hydrogen) atoms. The first-order chi connectivity index (χ1) is 46.9. The van der Waals surface area contributed by atoms with Crippen molar-refractivity contribution in [1.29, 1.82) is 0 Å². The number of carbonyl (C=O) groups is 2. The Bertz CT molecular complexity index is 2590. The van der Waals surface area contributed by atoms with E-state index in [4.69, 9.17) is 81.2 Å². The Labute approximate surface area is 579 Å². The molecule has 0 aliphatic carbocycles. The van der Waals surface area contributed by atoms with Crippen molar-refractivity contribution in [3.8, 4) is 0 Å². The number of rotatable bonds is 41. The predicted molar refractivity (Wildman–Crippen MR) is 365 cm³/mol. The third kappa shape index (κ3) is 42.4. The second kappa shape index (κ2) is 50.7. The molecule has 2 amide bonds. The molecule has 3 heterocycles. The molecular formula is C69H115N3O23S2. The number of benzene rings is 3. The van der Waals surface area contributed by atoms with Crippen LogP contribution in [0.5, 0.6) is 0 Å². The van der Waals surface area contributed by atoms with E-state index in [9.17, 15) is 26.4 Å². The van der Waals surface area contributed by atoms with Crippen LogP contribution in [-0.4, -0.2) is 276 Å². The fourth-order valence-electron chi connectivity index (χ4n) is 9.00. The van der Waals surface area contributed by atoms with E-state index < -0.39 is 31.4 Å². The highest BCUT2D eigenvalue weighted by atomic mass is 32.2. The molecule has 3 unspecified atom stereocenters. The molecule has 3 atom stereocenters. The molecule has 28 heteroatoms. The average Bonchev–Trinajstić information content (AvgIpc) is 0.904. The molecule has 556 valence electrons. The highest BCUT2D eigenvalue weighted by Gasteiger charge is 2.30. The maximum Gasteiger partial charge on any atom is 0.410 e. The van der Waals surface area contributed by atoms with E-state index in [1.807, 2.05) is 55.4 Å². The lowest BCUT2D eigenvalue weighted by Gasteiger charge is -2.34. The summed E-state index contributed by atoms with van der Waals surface area (Å²) >= 11 is 0. The van der Waals surface area contributed by atoms with Gasteiger partial charge in [0, 0.05) is 53.9 Å². The molecule has 26 nitrogen and oxygen atoms in total. The van der Waals surface area contributed by atoms with Crippen molar-refractivity contribution < 1.29 is 108 Å². The molecule has 0 radical (unpaired) electrons. The van der Waals surface area contributed by atoms with Crippen LogP contribution in [0.3, 0.4) is 0 Å². The zero-order valence-electron chi connectivity index (χ0n) is 60.1. The molecule has 0 spiro atoms. The lowest BCUT2D eigenvalue weighted by molar-refractivity contribution is -0.0552. The second-order valence-corrected chi connectivity index (χ2v) is 27.6. The van der Waals surface area contributed by atoms with Crippen molar-refractivity contribution >= 4 is 32.4 Å². The fraction of sp³-hybridized carbons (Fsp3) is 0.710. The minimum atomic E-state index is -3.77. The highest BCUT2D eigenvalue weighted by Crippen LogP contribution is 2.19. The Morgan fingerprint density at radius 3 is 1.11 bits per heavy atom. The minimum Gasteiger partial charge on any atom is -0.444 e. The van der Waals surface area contributed by atoms with Crippen LogP contribution in [0.25, 0.3) is 0 Å². The molecule has 3 aliphatic heterocycles. The number of morpholine rings is 3. The van der Waals surface area contributed by atoms with E-state index in [0.29, 0.717) is 165 Å². The average molecular weight is 1420 g/mol. The smallest absolute Gasteiger partial charge is 0.410 e. The molecule has 3 saturated heterocycles. The Kier molecular flexibility index (Phi) is 44.4. The number of hydrogen-bond donors (Lipinski definition) is 1. The summed E-state index contributed by atoms with van der Waals surface area (Å²) in [4.78, 5) is 30.4. The molecule has 3 aliphatic rings. The van der Waals surface area contributed by atoms with Crippen molar-refractivity contribution in [3.63, 3.8) is 0 Å². The van der Waals surface area contributed by atoms with Crippen molar-refractivity contribution in [2.75, 3.05) is 198 Å². The molecule has 3 fully saturated rings.